The smallest absolute Gasteiger partial charge is 0.220 e. The molecule has 3 aromatic carbocycles. The molecule has 1 N–H and O–H groups in total. The highest BCUT2D eigenvalue weighted by molar-refractivity contribution is 6.30. The predicted octanol–water partition coefficient (Wildman–Crippen LogP) is 6.64. The Bertz CT molecular complexity index is 1180. The van der Waals surface area contributed by atoms with Gasteiger partial charge in [0.25, 0.3) is 0 Å². The van der Waals surface area contributed by atoms with Crippen LogP contribution >= 0.6 is 11.6 Å². The summed E-state index contributed by atoms with van der Waals surface area (Å²) in [5.41, 5.74) is 4.68. The molecule has 0 spiro atoms. The van der Waals surface area contributed by atoms with Gasteiger partial charge in [0.15, 0.2) is 0 Å². The zero-order valence-corrected chi connectivity index (χ0v) is 19.3. The fourth-order valence-electron chi connectivity index (χ4n) is 4.14. The molecule has 1 atom stereocenters. The Morgan fingerprint density at radius 1 is 0.938 bits per heavy atom. The van der Waals surface area contributed by atoms with Crippen molar-refractivity contribution in [3.05, 3.63) is 107 Å². The van der Waals surface area contributed by atoms with E-state index < -0.39 is 0 Å². The van der Waals surface area contributed by atoms with Gasteiger partial charge < -0.3 is 9.88 Å². The van der Waals surface area contributed by atoms with E-state index in [1.54, 1.807) is 0 Å². The van der Waals surface area contributed by atoms with E-state index in [1.807, 2.05) is 30.3 Å². The normalized spacial score (nSPS) is 12.2. The van der Waals surface area contributed by atoms with Crippen LogP contribution in [0.1, 0.15) is 42.9 Å². The van der Waals surface area contributed by atoms with Crippen LogP contribution < -0.4 is 5.32 Å². The number of nitrogens with zero attached hydrogens (tertiary/aromatic N) is 1. The van der Waals surface area contributed by atoms with Gasteiger partial charge in [-0.25, -0.2) is 0 Å². The lowest BCUT2D eigenvalue weighted by Crippen LogP contribution is -2.28. The Hall–Kier alpha value is -3.04. The standard InChI is InChI=1S/C28H29ClN2O/c1-20(2)17-30-28(32)16-25(22-12-14-23(29)15-13-22)26-19-31(18-21-8-4-3-5-9-21)27-11-7-6-10-24(26)27/h3-15,19-20,25H,16-18H2,1-2H3,(H,30,32)/t25-/m0/s1. The lowest BCUT2D eigenvalue weighted by molar-refractivity contribution is -0.121. The minimum Gasteiger partial charge on any atom is -0.356 e. The Morgan fingerprint density at radius 3 is 2.34 bits per heavy atom. The van der Waals surface area contributed by atoms with Crippen LogP contribution in [0.3, 0.4) is 0 Å². The van der Waals surface area contributed by atoms with E-state index >= 15 is 0 Å². The number of nitrogens with one attached hydrogen (secondary N) is 1. The topological polar surface area (TPSA) is 34.0 Å². The van der Waals surface area contributed by atoms with Crippen molar-refractivity contribution in [2.75, 3.05) is 6.54 Å². The third-order valence-corrected chi connectivity index (χ3v) is 6.01. The van der Waals surface area contributed by atoms with E-state index in [2.05, 4.69) is 78.5 Å². The van der Waals surface area contributed by atoms with Crippen molar-refractivity contribution in [1.29, 1.82) is 0 Å². The number of amides is 1. The van der Waals surface area contributed by atoms with Crippen molar-refractivity contribution < 1.29 is 4.79 Å². The molecule has 0 aliphatic rings. The van der Waals surface area contributed by atoms with E-state index in [4.69, 9.17) is 11.6 Å². The zero-order chi connectivity index (χ0) is 22.5. The number of aromatic nitrogens is 1. The third-order valence-electron chi connectivity index (χ3n) is 5.76. The molecule has 0 saturated carbocycles. The van der Waals surface area contributed by atoms with Crippen molar-refractivity contribution >= 4 is 28.4 Å². The third kappa shape index (κ3) is 5.23. The summed E-state index contributed by atoms with van der Waals surface area (Å²) >= 11 is 6.16. The predicted molar refractivity (Wildman–Crippen MR) is 133 cm³/mol. The number of fused-ring (bicyclic) bond motifs is 1. The molecule has 1 aromatic heterocycles. The molecule has 0 unspecified atom stereocenters. The maximum absolute atomic E-state index is 12.9. The molecule has 32 heavy (non-hydrogen) atoms. The second-order valence-corrected chi connectivity index (χ2v) is 9.16. The van der Waals surface area contributed by atoms with Crippen LogP contribution in [0.15, 0.2) is 85.1 Å². The van der Waals surface area contributed by atoms with Gasteiger partial charge in [-0.05, 0) is 40.8 Å². The first-order valence-electron chi connectivity index (χ1n) is 11.1. The van der Waals surface area contributed by atoms with E-state index in [9.17, 15) is 4.79 Å². The molecule has 164 valence electrons. The van der Waals surface area contributed by atoms with Gasteiger partial charge in [0.1, 0.15) is 0 Å². The first-order valence-corrected chi connectivity index (χ1v) is 11.5. The largest absolute Gasteiger partial charge is 0.356 e. The zero-order valence-electron chi connectivity index (χ0n) is 18.6. The molecule has 0 aliphatic carbocycles. The first-order chi connectivity index (χ1) is 15.5. The Morgan fingerprint density at radius 2 is 1.62 bits per heavy atom. The monoisotopic (exact) mass is 444 g/mol. The molecular formula is C28H29ClN2O. The summed E-state index contributed by atoms with van der Waals surface area (Å²) in [5.74, 6) is 0.431. The maximum Gasteiger partial charge on any atom is 0.220 e. The van der Waals surface area contributed by atoms with Gasteiger partial charge in [-0.1, -0.05) is 86.1 Å². The van der Waals surface area contributed by atoms with Crippen LogP contribution in [-0.2, 0) is 11.3 Å². The highest BCUT2D eigenvalue weighted by atomic mass is 35.5. The SMILES string of the molecule is CC(C)CNC(=O)C[C@@H](c1ccc(Cl)cc1)c1cn(Cc2ccccc2)c2ccccc12. The second kappa shape index (κ2) is 10.1. The van der Waals surface area contributed by atoms with Gasteiger partial charge in [0, 0.05) is 47.6 Å². The highest BCUT2D eigenvalue weighted by Crippen LogP contribution is 2.35. The summed E-state index contributed by atoms with van der Waals surface area (Å²) in [6, 6.07) is 26.8. The fourth-order valence-corrected chi connectivity index (χ4v) is 4.27. The molecule has 4 heteroatoms. The highest BCUT2D eigenvalue weighted by Gasteiger charge is 2.23. The quantitative estimate of drug-likeness (QED) is 0.325. The van der Waals surface area contributed by atoms with Gasteiger partial charge in [-0.2, -0.15) is 0 Å². The summed E-state index contributed by atoms with van der Waals surface area (Å²) in [6.45, 7) is 5.68. The van der Waals surface area contributed by atoms with E-state index in [0.29, 0.717) is 23.9 Å². The minimum absolute atomic E-state index is 0.0543. The van der Waals surface area contributed by atoms with E-state index in [-0.39, 0.29) is 11.8 Å². The van der Waals surface area contributed by atoms with Crippen LogP contribution in [0.2, 0.25) is 5.02 Å². The van der Waals surface area contributed by atoms with Crippen molar-refractivity contribution in [2.45, 2.75) is 32.7 Å². The van der Waals surface area contributed by atoms with Gasteiger partial charge in [0.2, 0.25) is 5.91 Å². The van der Waals surface area contributed by atoms with E-state index in [1.165, 1.54) is 22.0 Å². The molecule has 4 rings (SSSR count). The van der Waals surface area contributed by atoms with Crippen molar-refractivity contribution in [3.63, 3.8) is 0 Å². The summed E-state index contributed by atoms with van der Waals surface area (Å²) < 4.78 is 2.29. The average molecular weight is 445 g/mol. The molecule has 0 aliphatic heterocycles. The van der Waals surface area contributed by atoms with Crippen molar-refractivity contribution in [3.8, 4) is 0 Å². The number of halogens is 1. The number of carbonyl (C=O) groups is 1. The Balaban J connectivity index is 1.75. The number of benzene rings is 3. The van der Waals surface area contributed by atoms with Gasteiger partial charge in [0.05, 0.1) is 0 Å². The van der Waals surface area contributed by atoms with Crippen LogP contribution in [0.4, 0.5) is 0 Å². The molecule has 4 aromatic rings. The lowest BCUT2D eigenvalue weighted by atomic mass is 9.88. The molecule has 3 nitrogen and oxygen atoms in total. The van der Waals surface area contributed by atoms with Crippen molar-refractivity contribution in [1.82, 2.24) is 9.88 Å². The van der Waals surface area contributed by atoms with Gasteiger partial charge in [-0.15, -0.1) is 0 Å². The summed E-state index contributed by atoms with van der Waals surface area (Å²) in [7, 11) is 0. The molecule has 0 bridgehead atoms. The van der Waals surface area contributed by atoms with Gasteiger partial charge >= 0.3 is 0 Å². The number of para-hydroxylation sites is 1. The molecule has 0 fully saturated rings. The van der Waals surface area contributed by atoms with Crippen molar-refractivity contribution in [2.24, 2.45) is 5.92 Å². The van der Waals surface area contributed by atoms with Crippen LogP contribution in [0.25, 0.3) is 10.9 Å². The number of hydrogen-bond acceptors (Lipinski definition) is 1. The number of carbonyl (C=O) groups excluding carboxylic acids is 1. The minimum atomic E-state index is -0.0543. The Kier molecular flexibility index (Phi) is 6.96. The molecular weight excluding hydrogens is 416 g/mol. The summed E-state index contributed by atoms with van der Waals surface area (Å²) in [4.78, 5) is 12.9. The van der Waals surface area contributed by atoms with Gasteiger partial charge in [-0.3, -0.25) is 4.79 Å². The fraction of sp³-hybridized carbons (Fsp3) is 0.250. The molecule has 0 saturated heterocycles. The average Bonchev–Trinajstić information content (AvgIpc) is 3.16. The summed E-state index contributed by atoms with van der Waals surface area (Å²) in [6.07, 6.45) is 2.61. The van der Waals surface area contributed by atoms with Crippen LogP contribution in [0.5, 0.6) is 0 Å². The lowest BCUT2D eigenvalue weighted by Gasteiger charge is -2.18. The summed E-state index contributed by atoms with van der Waals surface area (Å²) in [5, 5.41) is 4.96. The van der Waals surface area contributed by atoms with E-state index in [0.717, 1.165) is 12.1 Å². The molecule has 0 radical (unpaired) electrons. The van der Waals surface area contributed by atoms with Crippen LogP contribution in [0, 0.1) is 5.92 Å². The molecule has 1 heterocycles. The second-order valence-electron chi connectivity index (χ2n) is 8.72. The van der Waals surface area contributed by atoms with Crippen LogP contribution in [-0.4, -0.2) is 17.0 Å². The first kappa shape index (κ1) is 22.2. The number of rotatable bonds is 8. The Labute approximate surface area is 195 Å². The number of hydrogen-bond donors (Lipinski definition) is 1. The maximum atomic E-state index is 12.9. The molecule has 1 amide bonds.